The highest BCUT2D eigenvalue weighted by Gasteiger charge is 1.88. The minimum absolute atomic E-state index is 0.928. The van der Waals surface area contributed by atoms with Crippen LogP contribution in [0.1, 0.15) is 5.56 Å². The molecule has 0 bridgehead atoms. The molecule has 0 aliphatic heterocycles. The largest absolute Gasteiger partial charge is 0.388 e. The van der Waals surface area contributed by atoms with Crippen LogP contribution in [0.5, 0.6) is 0 Å². The Morgan fingerprint density at radius 2 is 1.90 bits per heavy atom. The highest BCUT2D eigenvalue weighted by molar-refractivity contribution is 9.08. The lowest BCUT2D eigenvalue weighted by Gasteiger charge is -1.99. The summed E-state index contributed by atoms with van der Waals surface area (Å²) in [4.78, 5) is 0. The molecule has 1 rings (SSSR count). The van der Waals surface area contributed by atoms with Crippen molar-refractivity contribution in [3.63, 3.8) is 0 Å². The molecule has 54 valence electrons. The van der Waals surface area contributed by atoms with Gasteiger partial charge in [0.2, 0.25) is 0 Å². The topological polar surface area (TPSA) is 12.0 Å². The van der Waals surface area contributed by atoms with E-state index in [9.17, 15) is 0 Å². The number of hydrogen-bond donors (Lipinski definition) is 1. The Bertz CT molecular complexity index is 170. The zero-order valence-electron chi connectivity index (χ0n) is 5.89. The summed E-state index contributed by atoms with van der Waals surface area (Å²) in [5.74, 6) is 0. The van der Waals surface area contributed by atoms with Crippen LogP contribution in [0, 0.1) is 0 Å². The van der Waals surface area contributed by atoms with Crippen LogP contribution in [0.4, 0.5) is 5.69 Å². The van der Waals surface area contributed by atoms with E-state index in [0.717, 1.165) is 11.0 Å². The number of benzene rings is 1. The van der Waals surface area contributed by atoms with Crippen molar-refractivity contribution < 1.29 is 0 Å². The van der Waals surface area contributed by atoms with Crippen LogP contribution in [-0.4, -0.2) is 7.05 Å². The van der Waals surface area contributed by atoms with E-state index in [1.807, 2.05) is 7.05 Å². The van der Waals surface area contributed by atoms with Gasteiger partial charge >= 0.3 is 0 Å². The van der Waals surface area contributed by atoms with E-state index in [-0.39, 0.29) is 0 Å². The summed E-state index contributed by atoms with van der Waals surface area (Å²) in [7, 11) is 1.92. The van der Waals surface area contributed by atoms with Crippen LogP contribution in [-0.2, 0) is 5.33 Å². The molecule has 0 fully saturated rings. The zero-order chi connectivity index (χ0) is 7.40. The summed E-state index contributed by atoms with van der Waals surface area (Å²) in [6, 6.07) is 8.33. The third kappa shape index (κ3) is 1.74. The molecule has 0 heterocycles. The first-order valence-corrected chi connectivity index (χ1v) is 4.31. The van der Waals surface area contributed by atoms with Crippen LogP contribution in [0.3, 0.4) is 0 Å². The molecule has 0 aromatic heterocycles. The predicted molar refractivity (Wildman–Crippen MR) is 48.6 cm³/mol. The highest BCUT2D eigenvalue weighted by atomic mass is 79.9. The summed E-state index contributed by atoms with van der Waals surface area (Å²) in [6.07, 6.45) is 0. The molecule has 2 heteroatoms. The Morgan fingerprint density at radius 3 is 2.30 bits per heavy atom. The Morgan fingerprint density at radius 1 is 1.30 bits per heavy atom. The number of alkyl halides is 1. The molecule has 0 aliphatic rings. The van der Waals surface area contributed by atoms with Crippen LogP contribution < -0.4 is 5.32 Å². The maximum atomic E-state index is 3.38. The van der Waals surface area contributed by atoms with Gasteiger partial charge in [0.15, 0.2) is 0 Å². The second kappa shape index (κ2) is 3.62. The SMILES string of the molecule is CNc1ccc(CBr)cc1. The second-order valence-corrected chi connectivity index (χ2v) is 2.64. The highest BCUT2D eigenvalue weighted by Crippen LogP contribution is 2.10. The molecule has 1 nitrogen and oxygen atoms in total. The van der Waals surface area contributed by atoms with Crippen molar-refractivity contribution in [2.45, 2.75) is 5.33 Å². The summed E-state index contributed by atoms with van der Waals surface area (Å²) in [5, 5.41) is 3.99. The zero-order valence-corrected chi connectivity index (χ0v) is 7.48. The number of anilines is 1. The van der Waals surface area contributed by atoms with Gasteiger partial charge in [0.05, 0.1) is 0 Å². The van der Waals surface area contributed by atoms with Gasteiger partial charge in [0.25, 0.3) is 0 Å². The smallest absolute Gasteiger partial charge is 0.0337 e. The first-order chi connectivity index (χ1) is 4.86. The average molecular weight is 200 g/mol. The van der Waals surface area contributed by atoms with Gasteiger partial charge in [0, 0.05) is 18.1 Å². The molecule has 1 aromatic carbocycles. The fourth-order valence-electron chi connectivity index (χ4n) is 0.760. The summed E-state index contributed by atoms with van der Waals surface area (Å²) < 4.78 is 0. The molecule has 0 saturated heterocycles. The van der Waals surface area contributed by atoms with Gasteiger partial charge in [0.1, 0.15) is 0 Å². The van der Waals surface area contributed by atoms with Crippen LogP contribution in [0.25, 0.3) is 0 Å². The first kappa shape index (κ1) is 7.61. The van der Waals surface area contributed by atoms with Crippen LogP contribution in [0.2, 0.25) is 0 Å². The van der Waals surface area contributed by atoms with Crippen molar-refractivity contribution in [2.24, 2.45) is 0 Å². The third-order valence-electron chi connectivity index (χ3n) is 1.40. The maximum Gasteiger partial charge on any atom is 0.0337 e. The number of rotatable bonds is 2. The summed E-state index contributed by atoms with van der Waals surface area (Å²) >= 11 is 3.38. The fourth-order valence-corrected chi connectivity index (χ4v) is 1.13. The Hall–Kier alpha value is -0.500. The molecule has 1 aromatic rings. The van der Waals surface area contributed by atoms with Gasteiger partial charge in [-0.1, -0.05) is 28.1 Å². The van der Waals surface area contributed by atoms with Crippen LogP contribution >= 0.6 is 15.9 Å². The van der Waals surface area contributed by atoms with Gasteiger partial charge in [-0.3, -0.25) is 0 Å². The molecule has 0 atom stereocenters. The lowest BCUT2D eigenvalue weighted by Crippen LogP contribution is -1.86. The molecule has 10 heavy (non-hydrogen) atoms. The van der Waals surface area contributed by atoms with E-state index in [1.54, 1.807) is 0 Å². The Balaban J connectivity index is 2.80. The van der Waals surface area contributed by atoms with Crippen LogP contribution in [0.15, 0.2) is 24.3 Å². The predicted octanol–water partition coefficient (Wildman–Crippen LogP) is 2.62. The Labute approximate surface area is 69.6 Å². The van der Waals surface area contributed by atoms with E-state index in [0.29, 0.717) is 0 Å². The van der Waals surface area contributed by atoms with Crippen molar-refractivity contribution in [2.75, 3.05) is 12.4 Å². The standard InChI is InChI=1S/C8H10BrN/c1-10-8-4-2-7(6-9)3-5-8/h2-5,10H,6H2,1H3. The molecule has 0 spiro atoms. The van der Waals surface area contributed by atoms with Gasteiger partial charge < -0.3 is 5.32 Å². The number of halogens is 1. The van der Waals surface area contributed by atoms with E-state index in [1.165, 1.54) is 5.56 Å². The lowest BCUT2D eigenvalue weighted by molar-refractivity contribution is 1.41. The maximum absolute atomic E-state index is 3.38. The van der Waals surface area contributed by atoms with Crippen molar-refractivity contribution in [3.05, 3.63) is 29.8 Å². The molecule has 0 radical (unpaired) electrons. The molecular formula is C8H10BrN. The summed E-state index contributed by atoms with van der Waals surface area (Å²) in [5.41, 5.74) is 2.46. The van der Waals surface area contributed by atoms with Gasteiger partial charge in [-0.15, -0.1) is 0 Å². The van der Waals surface area contributed by atoms with E-state index < -0.39 is 0 Å². The van der Waals surface area contributed by atoms with E-state index >= 15 is 0 Å². The number of hydrogen-bond acceptors (Lipinski definition) is 1. The molecule has 0 unspecified atom stereocenters. The fraction of sp³-hybridized carbons (Fsp3) is 0.250. The Kier molecular flexibility index (Phi) is 2.75. The second-order valence-electron chi connectivity index (χ2n) is 2.08. The molecule has 0 amide bonds. The van der Waals surface area contributed by atoms with Crippen molar-refractivity contribution in [1.82, 2.24) is 0 Å². The quantitative estimate of drug-likeness (QED) is 0.723. The lowest BCUT2D eigenvalue weighted by atomic mass is 10.2. The third-order valence-corrected chi connectivity index (χ3v) is 2.04. The average Bonchev–Trinajstić information content (AvgIpc) is 2.05. The van der Waals surface area contributed by atoms with Crippen molar-refractivity contribution in [1.29, 1.82) is 0 Å². The molecular weight excluding hydrogens is 190 g/mol. The normalized spacial score (nSPS) is 9.40. The van der Waals surface area contributed by atoms with E-state index in [4.69, 9.17) is 0 Å². The molecule has 0 saturated carbocycles. The number of nitrogens with one attached hydrogen (secondary N) is 1. The van der Waals surface area contributed by atoms with Crippen molar-refractivity contribution >= 4 is 21.6 Å². The van der Waals surface area contributed by atoms with E-state index in [2.05, 4.69) is 45.5 Å². The van der Waals surface area contributed by atoms with Gasteiger partial charge in [-0.2, -0.15) is 0 Å². The van der Waals surface area contributed by atoms with Gasteiger partial charge in [-0.05, 0) is 17.7 Å². The first-order valence-electron chi connectivity index (χ1n) is 3.19. The monoisotopic (exact) mass is 199 g/mol. The molecule has 0 aliphatic carbocycles. The van der Waals surface area contributed by atoms with Gasteiger partial charge in [-0.25, -0.2) is 0 Å². The molecule has 1 N–H and O–H groups in total. The minimum Gasteiger partial charge on any atom is -0.388 e. The van der Waals surface area contributed by atoms with Crippen molar-refractivity contribution in [3.8, 4) is 0 Å². The minimum atomic E-state index is 0.928. The summed E-state index contributed by atoms with van der Waals surface area (Å²) in [6.45, 7) is 0.